The van der Waals surface area contributed by atoms with E-state index in [1.54, 1.807) is 6.07 Å². The molecule has 3 N–H and O–H groups in total. The number of aliphatic imine (C=N–C) groups is 1. The normalized spacial score (nSPS) is 11.0. The molecule has 0 atom stereocenters. The monoisotopic (exact) mass is 457 g/mol. The minimum absolute atomic E-state index is 0. The van der Waals surface area contributed by atoms with Gasteiger partial charge in [-0.25, -0.2) is 9.38 Å². The van der Waals surface area contributed by atoms with Gasteiger partial charge in [0, 0.05) is 13.1 Å². The van der Waals surface area contributed by atoms with Crippen molar-refractivity contribution in [3.05, 3.63) is 64.5 Å². The molecule has 0 aliphatic carbocycles. The van der Waals surface area contributed by atoms with Crippen molar-refractivity contribution >= 4 is 29.9 Å². The van der Waals surface area contributed by atoms with E-state index < -0.39 is 0 Å². The third-order valence-corrected chi connectivity index (χ3v) is 3.66. The Labute approximate surface area is 165 Å². The maximum Gasteiger partial charge on any atom is 0.191 e. The number of nitrogens with one attached hydrogen (secondary N) is 2. The number of hydrogen-bond donors (Lipinski definition) is 3. The van der Waals surface area contributed by atoms with E-state index in [0.29, 0.717) is 24.8 Å². The van der Waals surface area contributed by atoms with E-state index in [1.807, 2.05) is 39.0 Å². The van der Waals surface area contributed by atoms with Crippen LogP contribution in [0.15, 0.2) is 41.4 Å². The zero-order chi connectivity index (χ0) is 17.5. The number of nitrogens with zero attached hydrogens (tertiary/aromatic N) is 1. The number of hydrogen-bond acceptors (Lipinski definition) is 2. The number of halogens is 2. The predicted octanol–water partition coefficient (Wildman–Crippen LogP) is 4.02. The highest BCUT2D eigenvalue weighted by Gasteiger charge is 2.04. The van der Waals surface area contributed by atoms with Crippen molar-refractivity contribution in [3.8, 4) is 5.75 Å². The van der Waals surface area contributed by atoms with E-state index in [-0.39, 0.29) is 29.8 Å². The van der Waals surface area contributed by atoms with Crippen molar-refractivity contribution in [2.24, 2.45) is 4.99 Å². The van der Waals surface area contributed by atoms with E-state index in [4.69, 9.17) is 0 Å². The molecule has 2 rings (SSSR count). The summed E-state index contributed by atoms with van der Waals surface area (Å²) < 4.78 is 13.2. The molecule has 2 aromatic rings. The molecule has 0 saturated heterocycles. The lowest BCUT2D eigenvalue weighted by atomic mass is 10.1. The molecular weight excluding hydrogens is 432 g/mol. The molecule has 0 saturated carbocycles. The molecule has 2 aromatic carbocycles. The number of aromatic hydroxyl groups is 1. The smallest absolute Gasteiger partial charge is 0.191 e. The van der Waals surface area contributed by atoms with Gasteiger partial charge in [0.15, 0.2) is 5.96 Å². The standard InChI is InChI=1S/C19H24FN3O.HI/c1-4-21-19(22-11-15-6-5-7-17(20)10-15)23-12-16-8-13(2)18(24)14(3)9-16;/h5-10,24H,4,11-12H2,1-3H3,(H2,21,22,23);1H. The Kier molecular flexibility index (Phi) is 8.68. The summed E-state index contributed by atoms with van der Waals surface area (Å²) in [4.78, 5) is 4.55. The summed E-state index contributed by atoms with van der Waals surface area (Å²) in [6.45, 7) is 7.49. The van der Waals surface area contributed by atoms with Crippen LogP contribution in [0.1, 0.15) is 29.2 Å². The minimum atomic E-state index is -0.244. The topological polar surface area (TPSA) is 56.7 Å². The second kappa shape index (κ2) is 10.2. The fourth-order valence-electron chi connectivity index (χ4n) is 2.48. The molecule has 0 aliphatic rings. The van der Waals surface area contributed by atoms with Gasteiger partial charge >= 0.3 is 0 Å². The Bertz CT molecular complexity index is 711. The van der Waals surface area contributed by atoms with Gasteiger partial charge in [-0.3, -0.25) is 0 Å². The number of benzene rings is 2. The number of guanidine groups is 1. The van der Waals surface area contributed by atoms with Crippen molar-refractivity contribution in [1.82, 2.24) is 10.6 Å². The molecule has 0 unspecified atom stereocenters. The number of phenolic OH excluding ortho intramolecular Hbond substituents is 1. The van der Waals surface area contributed by atoms with E-state index in [0.717, 1.165) is 28.8 Å². The molecule has 0 fully saturated rings. The average molecular weight is 457 g/mol. The highest BCUT2D eigenvalue weighted by molar-refractivity contribution is 14.0. The Morgan fingerprint density at radius 1 is 1.08 bits per heavy atom. The summed E-state index contributed by atoms with van der Waals surface area (Å²) in [5.41, 5.74) is 3.58. The molecule has 4 nitrogen and oxygen atoms in total. The zero-order valence-electron chi connectivity index (χ0n) is 14.8. The van der Waals surface area contributed by atoms with Gasteiger partial charge in [0.1, 0.15) is 11.6 Å². The highest BCUT2D eigenvalue weighted by atomic mass is 127. The van der Waals surface area contributed by atoms with Crippen LogP contribution >= 0.6 is 24.0 Å². The summed E-state index contributed by atoms with van der Waals surface area (Å²) in [6, 6.07) is 10.4. The maximum atomic E-state index is 13.2. The van der Waals surface area contributed by atoms with Gasteiger partial charge < -0.3 is 15.7 Å². The van der Waals surface area contributed by atoms with Crippen molar-refractivity contribution in [2.75, 3.05) is 6.54 Å². The maximum absolute atomic E-state index is 13.2. The van der Waals surface area contributed by atoms with Gasteiger partial charge in [-0.15, -0.1) is 24.0 Å². The summed E-state index contributed by atoms with van der Waals surface area (Å²) in [6.07, 6.45) is 0. The average Bonchev–Trinajstić information content (AvgIpc) is 2.55. The van der Waals surface area contributed by atoms with Crippen LogP contribution < -0.4 is 10.6 Å². The SMILES string of the molecule is CCNC(=NCc1cc(C)c(O)c(C)c1)NCc1cccc(F)c1.I. The van der Waals surface area contributed by atoms with Crippen molar-refractivity contribution in [2.45, 2.75) is 33.9 Å². The molecule has 0 heterocycles. The number of rotatable bonds is 5. The van der Waals surface area contributed by atoms with E-state index in [2.05, 4.69) is 15.6 Å². The van der Waals surface area contributed by atoms with Gasteiger partial charge in [-0.2, -0.15) is 0 Å². The fourth-order valence-corrected chi connectivity index (χ4v) is 2.48. The second-order valence-corrected chi connectivity index (χ2v) is 5.76. The molecule has 6 heteroatoms. The molecule has 0 aliphatic heterocycles. The zero-order valence-corrected chi connectivity index (χ0v) is 17.1. The highest BCUT2D eigenvalue weighted by Crippen LogP contribution is 2.23. The van der Waals surface area contributed by atoms with Crippen LogP contribution in [0.25, 0.3) is 0 Å². The lowest BCUT2D eigenvalue weighted by Crippen LogP contribution is -2.36. The van der Waals surface area contributed by atoms with Crippen molar-refractivity contribution in [3.63, 3.8) is 0 Å². The Morgan fingerprint density at radius 2 is 1.76 bits per heavy atom. The van der Waals surface area contributed by atoms with Crippen LogP contribution in [-0.2, 0) is 13.1 Å². The van der Waals surface area contributed by atoms with Crippen molar-refractivity contribution in [1.29, 1.82) is 0 Å². The molecule has 0 radical (unpaired) electrons. The molecule has 0 spiro atoms. The second-order valence-electron chi connectivity index (χ2n) is 5.76. The first-order valence-electron chi connectivity index (χ1n) is 8.05. The lowest BCUT2D eigenvalue weighted by molar-refractivity contribution is 0.466. The molecule has 0 aromatic heterocycles. The van der Waals surface area contributed by atoms with Crippen LogP contribution in [0.3, 0.4) is 0 Å². The summed E-state index contributed by atoms with van der Waals surface area (Å²) >= 11 is 0. The Morgan fingerprint density at radius 3 is 2.36 bits per heavy atom. The molecule has 25 heavy (non-hydrogen) atoms. The third-order valence-electron chi connectivity index (χ3n) is 3.66. The van der Waals surface area contributed by atoms with Crippen LogP contribution in [0.2, 0.25) is 0 Å². The number of aryl methyl sites for hydroxylation is 2. The molecular formula is C19H25FIN3O. The first-order valence-corrected chi connectivity index (χ1v) is 8.05. The fraction of sp³-hybridized carbons (Fsp3) is 0.316. The van der Waals surface area contributed by atoms with E-state index in [1.165, 1.54) is 12.1 Å². The third kappa shape index (κ3) is 6.53. The van der Waals surface area contributed by atoms with Crippen molar-refractivity contribution < 1.29 is 9.50 Å². The summed E-state index contributed by atoms with van der Waals surface area (Å²) in [5, 5.41) is 16.2. The van der Waals surface area contributed by atoms with E-state index >= 15 is 0 Å². The Balaban J connectivity index is 0.00000312. The van der Waals surface area contributed by atoms with E-state index in [9.17, 15) is 9.50 Å². The van der Waals surface area contributed by atoms with Gasteiger partial charge in [-0.1, -0.05) is 24.3 Å². The van der Waals surface area contributed by atoms with Crippen LogP contribution in [0.4, 0.5) is 4.39 Å². The number of phenols is 1. The molecule has 0 bridgehead atoms. The molecule has 0 amide bonds. The largest absolute Gasteiger partial charge is 0.507 e. The summed E-state index contributed by atoms with van der Waals surface area (Å²) in [5.74, 6) is 0.760. The predicted molar refractivity (Wildman–Crippen MR) is 111 cm³/mol. The van der Waals surface area contributed by atoms with Gasteiger partial charge in [0.2, 0.25) is 0 Å². The van der Waals surface area contributed by atoms with Gasteiger partial charge in [-0.05, 0) is 55.2 Å². The van der Waals surface area contributed by atoms with Crippen LogP contribution in [0, 0.1) is 19.7 Å². The van der Waals surface area contributed by atoms with Gasteiger partial charge in [0.25, 0.3) is 0 Å². The minimum Gasteiger partial charge on any atom is -0.507 e. The quantitative estimate of drug-likeness (QED) is 0.361. The lowest BCUT2D eigenvalue weighted by Gasteiger charge is -2.12. The molecule has 136 valence electrons. The van der Waals surface area contributed by atoms with Crippen LogP contribution in [-0.4, -0.2) is 17.6 Å². The summed E-state index contributed by atoms with van der Waals surface area (Å²) in [7, 11) is 0. The first kappa shape index (κ1) is 21.2. The van der Waals surface area contributed by atoms with Crippen LogP contribution in [0.5, 0.6) is 5.75 Å². The first-order chi connectivity index (χ1) is 11.5. The van der Waals surface area contributed by atoms with Gasteiger partial charge in [0.05, 0.1) is 6.54 Å². The Hall–Kier alpha value is -1.83.